The third-order valence-corrected chi connectivity index (χ3v) is 28.8. The molecular weight excluding hydrogens is 1710 g/mol. The van der Waals surface area contributed by atoms with Crippen LogP contribution >= 0.6 is 0 Å². The lowest BCUT2D eigenvalue weighted by Crippen LogP contribution is -1.94. The monoisotopic (exact) mass is 1800 g/mol. The molecule has 0 amide bonds. The Kier molecular flexibility index (Phi) is 21.4. The van der Waals surface area contributed by atoms with Crippen molar-refractivity contribution in [1.29, 1.82) is 0 Å². The second-order valence-electron chi connectivity index (χ2n) is 37.5. The summed E-state index contributed by atoms with van der Waals surface area (Å²) in [6, 6.07) is 206. The van der Waals surface area contributed by atoms with E-state index >= 15 is 0 Å². The fraction of sp³-hybridized carbons (Fsp3) is 0. The largest absolute Gasteiger partial charge is 0.309 e. The van der Waals surface area contributed by atoms with Gasteiger partial charge in [-0.05, 0) is 368 Å². The Labute approximate surface area is 826 Å². The minimum Gasteiger partial charge on any atom is -0.309 e. The third kappa shape index (κ3) is 16.2. The maximum Gasteiger partial charge on any atom is 0.0541 e. The molecule has 2 heteroatoms. The quantitative estimate of drug-likeness (QED) is 0.0764. The number of hydrogen-bond acceptors (Lipinski definition) is 0. The van der Waals surface area contributed by atoms with E-state index in [-0.39, 0.29) is 0 Å². The Morgan fingerprint density at radius 1 is 0.0845 bits per heavy atom. The van der Waals surface area contributed by atoms with Crippen LogP contribution in [-0.4, -0.2) is 9.13 Å². The average molecular weight is 1800 g/mol. The van der Waals surface area contributed by atoms with E-state index in [0.29, 0.717) is 0 Å². The fourth-order valence-electron chi connectivity index (χ4n) is 21.5. The fourth-order valence-corrected chi connectivity index (χ4v) is 21.5. The number of fused-ring (bicyclic) bond motifs is 8. The van der Waals surface area contributed by atoms with Crippen molar-refractivity contribution in [2.24, 2.45) is 0 Å². The molecule has 0 radical (unpaired) electrons. The Morgan fingerprint density at radius 3 is 0.465 bits per heavy atom. The lowest BCUT2D eigenvalue weighted by molar-refractivity contribution is 1.18. The summed E-state index contributed by atoms with van der Waals surface area (Å²) >= 11 is 0. The SMILES string of the molecule is c1ccc(-c2cccc(-c3cccc(-c4ccc5cc(-c6cccc(-c7cccc(-c8cccc(-c9cccc(-c%10cccc(-n%11c%12ccccc%12c%12cc(-c%13ccc%14c(c%13)c%13ccccc%13n%14-c%13cccc(-c%14cccc(-c%15cccc(-c%16cccc(-c%17cccc(-c%18ccc%19cc(-c%20cccc(-c%21cccc(-c%22ccccc%22)c%21)c%20)ccc%19c%18)c%17)c%16)c%15)c%14)c%13)ccc%12%11)c%10)c9)c8)c7)c6)ccc5c4)c3)c2)cc1. The van der Waals surface area contributed by atoms with Crippen molar-refractivity contribution in [3.8, 4) is 201 Å². The van der Waals surface area contributed by atoms with Crippen molar-refractivity contribution in [1.82, 2.24) is 9.13 Å². The Balaban J connectivity index is 0.431. The van der Waals surface area contributed by atoms with Gasteiger partial charge in [0, 0.05) is 32.9 Å². The van der Waals surface area contributed by atoms with Crippen molar-refractivity contribution in [3.05, 3.63) is 558 Å². The molecule has 0 aliphatic rings. The second-order valence-corrected chi connectivity index (χ2v) is 37.5. The van der Waals surface area contributed by atoms with Crippen LogP contribution in [0.2, 0.25) is 0 Å². The van der Waals surface area contributed by atoms with E-state index in [1.807, 2.05) is 0 Å². The van der Waals surface area contributed by atoms with Crippen LogP contribution in [-0.2, 0) is 0 Å². The van der Waals surface area contributed by atoms with Crippen LogP contribution in [0.3, 0.4) is 0 Å². The van der Waals surface area contributed by atoms with Gasteiger partial charge in [0.1, 0.15) is 0 Å². The first-order chi connectivity index (χ1) is 70.3. The molecule has 0 aliphatic carbocycles. The lowest BCUT2D eigenvalue weighted by Gasteiger charge is -2.13. The molecule has 0 atom stereocenters. The van der Waals surface area contributed by atoms with Gasteiger partial charge in [0.15, 0.2) is 0 Å². The van der Waals surface area contributed by atoms with Gasteiger partial charge in [0.2, 0.25) is 0 Å². The van der Waals surface area contributed by atoms with Gasteiger partial charge >= 0.3 is 0 Å². The zero-order valence-corrected chi connectivity index (χ0v) is 78.0. The molecule has 2 heterocycles. The molecule has 0 aliphatic heterocycles. The van der Waals surface area contributed by atoms with Crippen molar-refractivity contribution >= 4 is 65.2 Å². The van der Waals surface area contributed by atoms with Crippen LogP contribution in [0.4, 0.5) is 0 Å². The van der Waals surface area contributed by atoms with Crippen LogP contribution in [0.1, 0.15) is 0 Å². The predicted octanol–water partition coefficient (Wildman–Crippen LogP) is 38.5. The molecule has 0 N–H and O–H groups in total. The van der Waals surface area contributed by atoms with Gasteiger partial charge in [-0.25, -0.2) is 0 Å². The summed E-state index contributed by atoms with van der Waals surface area (Å²) in [6.45, 7) is 0. The smallest absolute Gasteiger partial charge is 0.0541 e. The molecule has 142 heavy (non-hydrogen) atoms. The Hall–Kier alpha value is -18.6. The van der Waals surface area contributed by atoms with Crippen molar-refractivity contribution in [2.45, 2.75) is 0 Å². The van der Waals surface area contributed by atoms with Crippen molar-refractivity contribution < 1.29 is 0 Å². The van der Waals surface area contributed by atoms with E-state index in [1.54, 1.807) is 0 Å². The molecule has 0 saturated carbocycles. The number of hydrogen-bond donors (Lipinski definition) is 0. The van der Waals surface area contributed by atoms with Gasteiger partial charge in [-0.3, -0.25) is 0 Å². The molecule has 26 rings (SSSR count). The molecule has 0 bridgehead atoms. The maximum absolute atomic E-state index is 2.44. The first-order valence-corrected chi connectivity index (χ1v) is 49.0. The first kappa shape index (κ1) is 83.9. The number of aromatic nitrogens is 2. The molecular formula is C140H92N2. The summed E-state index contributed by atoms with van der Waals surface area (Å²) in [5.41, 5.74) is 47.2. The summed E-state index contributed by atoms with van der Waals surface area (Å²) < 4.78 is 4.88. The second kappa shape index (κ2) is 36.1. The lowest BCUT2D eigenvalue weighted by atomic mass is 9.93. The highest BCUT2D eigenvalue weighted by Gasteiger charge is 2.21. The molecule has 0 saturated heterocycles. The molecule has 662 valence electrons. The number of para-hydroxylation sites is 2. The highest BCUT2D eigenvalue weighted by molar-refractivity contribution is 6.13. The third-order valence-electron chi connectivity index (χ3n) is 28.8. The van der Waals surface area contributed by atoms with Gasteiger partial charge < -0.3 is 9.13 Å². The normalized spacial score (nSPS) is 11.5. The Bertz CT molecular complexity index is 8880. The molecule has 2 nitrogen and oxygen atoms in total. The van der Waals surface area contributed by atoms with E-state index in [2.05, 4.69) is 567 Å². The van der Waals surface area contributed by atoms with Crippen LogP contribution in [0.5, 0.6) is 0 Å². The van der Waals surface area contributed by atoms with Crippen LogP contribution in [0, 0.1) is 0 Å². The molecule has 26 aromatic rings. The minimum atomic E-state index is 1.11. The summed E-state index contributed by atoms with van der Waals surface area (Å²) in [6.07, 6.45) is 0. The van der Waals surface area contributed by atoms with Crippen LogP contribution in [0.15, 0.2) is 558 Å². The number of rotatable bonds is 19. The van der Waals surface area contributed by atoms with Gasteiger partial charge in [-0.1, -0.05) is 400 Å². The predicted molar refractivity (Wildman–Crippen MR) is 603 cm³/mol. The molecule has 0 unspecified atom stereocenters. The standard InChI is InChI=1S/C140H92N2/c1-3-25-93(26-4-1)95-29-11-31-97(73-95)109-43-19-49-115(81-109)121-61-65-127-87-123(63-67-125(127)85-121)117-51-21-45-111(83-117)105-39-15-35-101(77-105)99-33-13-37-103(75-99)107-41-17-47-113(79-107)119-53-23-55-131(89-119)141-137-59-9-7-57-133(137)135-91-129(69-71-139(135)141)130-70-72-140-136(92-130)134-58-8-10-60-138(134)142(140)132-56-24-54-120(90-132)114-48-18-42-108(80-114)104-38-14-34-100(76-104)102-36-16-40-106(78-102)112-46-22-52-118(84-112)124-64-68-126-86-122(62-66-128(126)88-124)116-50-20-44-110(82-116)98-32-12-30-96(74-98)94-27-5-2-6-28-94/h1-92H. The van der Waals surface area contributed by atoms with Crippen LogP contribution < -0.4 is 0 Å². The maximum atomic E-state index is 2.44. The highest BCUT2D eigenvalue weighted by atomic mass is 15.0. The zero-order chi connectivity index (χ0) is 93.9. The molecule has 0 spiro atoms. The molecule has 0 fully saturated rings. The average Bonchev–Trinajstić information content (AvgIpc) is 1.58. The number of benzene rings is 24. The van der Waals surface area contributed by atoms with E-state index in [9.17, 15) is 0 Å². The van der Waals surface area contributed by atoms with E-state index in [0.717, 1.165) is 44.7 Å². The van der Waals surface area contributed by atoms with Gasteiger partial charge in [0.05, 0.1) is 22.1 Å². The van der Waals surface area contributed by atoms with Crippen molar-refractivity contribution in [2.75, 3.05) is 0 Å². The van der Waals surface area contributed by atoms with Crippen molar-refractivity contribution in [3.63, 3.8) is 0 Å². The minimum absolute atomic E-state index is 1.11. The molecule has 2 aromatic heterocycles. The topological polar surface area (TPSA) is 9.86 Å². The number of nitrogens with zero attached hydrogens (tertiary/aromatic N) is 2. The summed E-state index contributed by atoms with van der Waals surface area (Å²) in [5.74, 6) is 0. The highest BCUT2D eigenvalue weighted by Crippen LogP contribution is 2.45. The van der Waals surface area contributed by atoms with E-state index < -0.39 is 0 Å². The zero-order valence-electron chi connectivity index (χ0n) is 78.0. The van der Waals surface area contributed by atoms with E-state index in [1.165, 1.54) is 221 Å². The van der Waals surface area contributed by atoms with Gasteiger partial charge in [0.25, 0.3) is 0 Å². The van der Waals surface area contributed by atoms with Crippen LogP contribution in [0.25, 0.3) is 266 Å². The summed E-state index contributed by atoms with van der Waals surface area (Å²) in [7, 11) is 0. The summed E-state index contributed by atoms with van der Waals surface area (Å²) in [4.78, 5) is 0. The van der Waals surface area contributed by atoms with Gasteiger partial charge in [-0.2, -0.15) is 0 Å². The molecule has 24 aromatic carbocycles. The first-order valence-electron chi connectivity index (χ1n) is 49.0. The Morgan fingerprint density at radius 2 is 0.239 bits per heavy atom. The summed E-state index contributed by atoms with van der Waals surface area (Å²) in [5, 5.41) is 9.72. The van der Waals surface area contributed by atoms with Gasteiger partial charge in [-0.15, -0.1) is 0 Å². The van der Waals surface area contributed by atoms with E-state index in [4.69, 9.17) is 0 Å².